The number of hydrogen-bond acceptors (Lipinski definition) is 10. The van der Waals surface area contributed by atoms with Crippen LogP contribution in [0.3, 0.4) is 0 Å². The summed E-state index contributed by atoms with van der Waals surface area (Å²) in [5.41, 5.74) is -0.302. The molecule has 10 unspecified atom stereocenters. The van der Waals surface area contributed by atoms with E-state index in [0.717, 1.165) is 48.3 Å². The minimum atomic E-state index is -0.812. The van der Waals surface area contributed by atoms with Crippen molar-refractivity contribution in [3.8, 4) is 0 Å². The van der Waals surface area contributed by atoms with Gasteiger partial charge in [-0.05, 0) is 159 Å². The molecule has 10 atom stereocenters. The Hall–Kier alpha value is -1.83. The van der Waals surface area contributed by atoms with Crippen LogP contribution in [0.15, 0.2) is 22.7 Å². The average molecular weight is 922 g/mol. The molecule has 2 heterocycles. The number of fused-ring (bicyclic) bond motifs is 4. The molecular formula is C50H76MgN2O8S2. The molecule has 0 radical (unpaired) electrons. The second-order valence-corrected chi connectivity index (χ2v) is 24.5. The van der Waals surface area contributed by atoms with Crippen molar-refractivity contribution in [3.63, 3.8) is 0 Å². The quantitative estimate of drug-likeness (QED) is 0.0658. The molecule has 6 fully saturated rings. The number of Topliss-reactive ketones (excluding diaryl/α,β-unsaturated/α-hetero) is 2. The number of imide groups is 2. The van der Waals surface area contributed by atoms with Gasteiger partial charge in [0.25, 0.3) is 11.8 Å². The van der Waals surface area contributed by atoms with Crippen molar-refractivity contribution in [2.24, 2.45) is 58.2 Å². The number of thioether (sulfide) groups is 2. The summed E-state index contributed by atoms with van der Waals surface area (Å²) in [7, 11) is 0. The third-order valence-corrected chi connectivity index (χ3v) is 15.8. The predicted molar refractivity (Wildman–Crippen MR) is 250 cm³/mol. The molecule has 4 amide bonds. The van der Waals surface area contributed by atoms with Gasteiger partial charge in [-0.3, -0.25) is 38.6 Å². The molecule has 4 aliphatic carbocycles. The van der Waals surface area contributed by atoms with Gasteiger partial charge < -0.3 is 10.2 Å². The van der Waals surface area contributed by atoms with Gasteiger partial charge in [0.2, 0.25) is 11.8 Å². The standard InChI is InChI=1S/2C25H39NO4S.Mg/c2*1-15(14-25(2,3)4)10-21(28)26-19(8-9-31-5)23(29)22(24(26)30)20(27)13-18-12-16-6-7-17(18)11-16;/h2*15-19,27H,6-14H2,1-5H3;/q;;+2/p-2/b2*22-20-;. The summed E-state index contributed by atoms with van der Waals surface area (Å²) in [5.74, 6) is 1.22. The van der Waals surface area contributed by atoms with E-state index in [9.17, 15) is 39.0 Å². The van der Waals surface area contributed by atoms with E-state index in [0.29, 0.717) is 59.9 Å². The summed E-state index contributed by atoms with van der Waals surface area (Å²) in [6, 6.07) is -1.62. The number of amides is 4. The summed E-state index contributed by atoms with van der Waals surface area (Å²) < 4.78 is 0. The fourth-order valence-corrected chi connectivity index (χ4v) is 13.2. The minimum Gasteiger partial charge on any atom is -0.875 e. The number of hydrogen-bond donors (Lipinski definition) is 0. The molecular weight excluding hydrogens is 845 g/mol. The Morgan fingerprint density at radius 3 is 1.24 bits per heavy atom. The van der Waals surface area contributed by atoms with E-state index in [-0.39, 0.29) is 106 Å². The van der Waals surface area contributed by atoms with Gasteiger partial charge in [-0.1, -0.05) is 68.2 Å². The second-order valence-electron chi connectivity index (χ2n) is 22.5. The van der Waals surface area contributed by atoms with Crippen molar-refractivity contribution in [1.82, 2.24) is 9.80 Å². The Morgan fingerprint density at radius 2 is 0.968 bits per heavy atom. The maximum Gasteiger partial charge on any atom is 2.00 e. The molecule has 348 valence electrons. The molecule has 0 spiro atoms. The molecule has 0 N–H and O–H groups in total. The number of carbonyl (C=O) groups excluding carboxylic acids is 6. The molecule has 2 saturated heterocycles. The van der Waals surface area contributed by atoms with Gasteiger partial charge >= 0.3 is 23.1 Å². The van der Waals surface area contributed by atoms with Crippen molar-refractivity contribution in [2.75, 3.05) is 24.0 Å². The van der Waals surface area contributed by atoms with Gasteiger partial charge in [-0.25, -0.2) is 0 Å². The first-order valence-electron chi connectivity index (χ1n) is 23.6. The van der Waals surface area contributed by atoms with Gasteiger partial charge in [-0.15, -0.1) is 11.5 Å². The smallest absolute Gasteiger partial charge is 0.875 e. The molecule has 4 bridgehead atoms. The zero-order chi connectivity index (χ0) is 45.8. The zero-order valence-corrected chi connectivity index (χ0v) is 43.2. The maximum absolute atomic E-state index is 13.2. The van der Waals surface area contributed by atoms with Crippen molar-refractivity contribution >= 4 is 81.8 Å². The van der Waals surface area contributed by atoms with Crippen molar-refractivity contribution in [1.29, 1.82) is 0 Å². The first-order valence-corrected chi connectivity index (χ1v) is 26.4. The van der Waals surface area contributed by atoms with Crippen molar-refractivity contribution < 1.29 is 39.0 Å². The van der Waals surface area contributed by atoms with Gasteiger partial charge in [0, 0.05) is 12.8 Å². The van der Waals surface area contributed by atoms with Crippen LogP contribution in [0.1, 0.15) is 158 Å². The summed E-state index contributed by atoms with van der Waals surface area (Å²) in [4.78, 5) is 81.2. The molecule has 6 aliphatic rings. The van der Waals surface area contributed by atoms with Crippen LogP contribution in [0.2, 0.25) is 0 Å². The van der Waals surface area contributed by atoms with E-state index in [1.165, 1.54) is 25.7 Å². The largest absolute Gasteiger partial charge is 2.00 e. The number of nitrogens with zero attached hydrogens (tertiary/aromatic N) is 2. The number of likely N-dealkylation sites (tertiary alicyclic amines) is 2. The third kappa shape index (κ3) is 13.6. The van der Waals surface area contributed by atoms with Crippen LogP contribution in [0, 0.1) is 58.2 Å². The summed E-state index contributed by atoms with van der Waals surface area (Å²) in [6.07, 6.45) is 16.7. The Kier molecular flexibility index (Phi) is 19.4. The minimum absolute atomic E-state index is 0. The monoisotopic (exact) mass is 920 g/mol. The Labute approximate surface area is 403 Å². The van der Waals surface area contributed by atoms with Crippen molar-refractivity contribution in [2.45, 2.75) is 170 Å². The third-order valence-electron chi connectivity index (χ3n) is 14.5. The molecule has 13 heteroatoms. The van der Waals surface area contributed by atoms with Crippen LogP contribution in [0.25, 0.3) is 0 Å². The van der Waals surface area contributed by atoms with E-state index < -0.39 is 35.5 Å². The van der Waals surface area contributed by atoms with Gasteiger partial charge in [-0.2, -0.15) is 23.5 Å². The topological polar surface area (TPSA) is 155 Å². The molecule has 0 aromatic rings. The fraction of sp³-hybridized carbons (Fsp3) is 0.800. The summed E-state index contributed by atoms with van der Waals surface area (Å²) in [6.45, 7) is 16.8. The van der Waals surface area contributed by atoms with Gasteiger partial charge in [0.05, 0.1) is 11.1 Å². The molecule has 4 saturated carbocycles. The Balaban J connectivity index is 0.000000272. The van der Waals surface area contributed by atoms with Crippen LogP contribution in [0.5, 0.6) is 0 Å². The van der Waals surface area contributed by atoms with E-state index in [4.69, 9.17) is 0 Å². The van der Waals surface area contributed by atoms with Crippen LogP contribution >= 0.6 is 23.5 Å². The predicted octanol–water partition coefficient (Wildman–Crippen LogP) is 7.52. The van der Waals surface area contributed by atoms with Gasteiger partial charge in [0.1, 0.15) is 12.1 Å². The maximum atomic E-state index is 13.2. The number of rotatable bonds is 16. The van der Waals surface area contributed by atoms with E-state index in [1.807, 2.05) is 26.4 Å². The molecule has 2 aliphatic heterocycles. The summed E-state index contributed by atoms with van der Waals surface area (Å²) in [5, 5.41) is 26.1. The fourth-order valence-electron chi connectivity index (χ4n) is 12.3. The Bertz CT molecular complexity index is 1640. The summed E-state index contributed by atoms with van der Waals surface area (Å²) >= 11 is 3.15. The number of allylic oxidation sites excluding steroid dienone is 2. The molecule has 0 aromatic carbocycles. The van der Waals surface area contributed by atoms with E-state index in [2.05, 4.69) is 41.5 Å². The van der Waals surface area contributed by atoms with Crippen LogP contribution in [0.4, 0.5) is 0 Å². The van der Waals surface area contributed by atoms with Crippen LogP contribution in [-0.4, -0.2) is 104 Å². The number of carbonyl (C=O) groups is 6. The Morgan fingerprint density at radius 1 is 0.619 bits per heavy atom. The number of ketones is 2. The van der Waals surface area contributed by atoms with E-state index >= 15 is 0 Å². The SMILES string of the molecule is CSCCC1C(=O)/C(=C(/[O-])CC2CC3CCC2C3)C(=O)N1C(=O)CC(C)CC(C)(C)C.CSCCC1C(=O)/C(=C(/[O-])CC2CC3CCC2C3)C(=O)N1C(=O)CC(C)CC(C)(C)C.[Mg+2]. The van der Waals surface area contributed by atoms with Crippen molar-refractivity contribution in [3.05, 3.63) is 22.7 Å². The first-order chi connectivity index (χ1) is 29.0. The normalized spacial score (nSPS) is 30.4. The molecule has 6 rings (SSSR count). The molecule has 10 nitrogen and oxygen atoms in total. The second kappa shape index (κ2) is 22.8. The van der Waals surface area contributed by atoms with E-state index in [1.54, 1.807) is 23.5 Å². The molecule has 0 aromatic heterocycles. The van der Waals surface area contributed by atoms with Crippen LogP contribution < -0.4 is 10.2 Å². The zero-order valence-electron chi connectivity index (χ0n) is 40.2. The molecule has 63 heavy (non-hydrogen) atoms. The first kappa shape index (κ1) is 53.8. The van der Waals surface area contributed by atoms with Gasteiger partial charge in [0.15, 0.2) is 11.6 Å². The van der Waals surface area contributed by atoms with Crippen LogP contribution in [-0.2, 0) is 28.8 Å². The average Bonchev–Trinajstić information content (AvgIpc) is 4.01.